The SMILES string of the molecule is Cn1c(Cc2ccc(C#N)cc2)nc2cc(N(CC(=O)N3CCOCC3)S(=O)(=O)c3cccc4cccnc34)ccc21. The number of hydrogen-bond acceptors (Lipinski definition) is 7. The Balaban J connectivity index is 1.41. The average Bonchev–Trinajstić information content (AvgIpc) is 3.33. The van der Waals surface area contributed by atoms with E-state index in [0.717, 1.165) is 21.2 Å². The van der Waals surface area contributed by atoms with Crippen LogP contribution in [0.25, 0.3) is 21.9 Å². The molecule has 1 aliphatic rings. The highest BCUT2D eigenvalue weighted by atomic mass is 32.2. The Morgan fingerprint density at radius 1 is 1.05 bits per heavy atom. The van der Waals surface area contributed by atoms with Gasteiger partial charge in [0.2, 0.25) is 5.91 Å². The number of aromatic nitrogens is 3. The standard InChI is InChI=1S/C31H28N6O4S/c1-35-27-12-11-25(19-26(27)34-29(35)18-22-7-9-23(20-32)10-8-22)37(21-30(38)36-14-16-41-17-15-36)42(39,40)28-6-2-4-24-5-3-13-33-31(24)28/h2-13,19H,14-18,21H2,1H3. The molecule has 1 saturated heterocycles. The van der Waals surface area contributed by atoms with Gasteiger partial charge in [-0.2, -0.15) is 5.26 Å². The second-order valence-corrected chi connectivity index (χ2v) is 11.9. The summed E-state index contributed by atoms with van der Waals surface area (Å²) in [5.74, 6) is 0.474. The molecule has 1 amide bonds. The van der Waals surface area contributed by atoms with Crippen LogP contribution in [0.4, 0.5) is 5.69 Å². The van der Waals surface area contributed by atoms with Gasteiger partial charge in [-0.15, -0.1) is 0 Å². The number of aryl methyl sites for hydroxylation is 1. The predicted octanol–water partition coefficient (Wildman–Crippen LogP) is 3.64. The maximum absolute atomic E-state index is 14.3. The molecule has 0 bridgehead atoms. The van der Waals surface area contributed by atoms with E-state index in [1.807, 2.05) is 29.8 Å². The topological polar surface area (TPSA) is 121 Å². The van der Waals surface area contributed by atoms with Crippen molar-refractivity contribution in [2.24, 2.45) is 7.05 Å². The lowest BCUT2D eigenvalue weighted by molar-refractivity contribution is -0.133. The Bertz CT molecular complexity index is 1940. The van der Waals surface area contributed by atoms with Gasteiger partial charge in [-0.05, 0) is 48.0 Å². The molecule has 0 spiro atoms. The third kappa shape index (κ3) is 5.18. The smallest absolute Gasteiger partial charge is 0.266 e. The zero-order valence-corrected chi connectivity index (χ0v) is 23.8. The molecule has 10 nitrogen and oxygen atoms in total. The van der Waals surface area contributed by atoms with Crippen LogP contribution in [-0.4, -0.2) is 66.6 Å². The number of nitriles is 1. The van der Waals surface area contributed by atoms with Gasteiger partial charge in [0.1, 0.15) is 17.3 Å². The highest BCUT2D eigenvalue weighted by Gasteiger charge is 2.31. The number of nitrogens with zero attached hydrogens (tertiary/aromatic N) is 6. The van der Waals surface area contributed by atoms with Crippen molar-refractivity contribution in [3.05, 3.63) is 95.9 Å². The Labute approximate surface area is 243 Å². The van der Waals surface area contributed by atoms with Gasteiger partial charge in [-0.3, -0.25) is 14.1 Å². The molecule has 0 N–H and O–H groups in total. The number of benzene rings is 3. The van der Waals surface area contributed by atoms with Crippen LogP contribution < -0.4 is 4.31 Å². The van der Waals surface area contributed by atoms with E-state index in [-0.39, 0.29) is 17.3 Å². The van der Waals surface area contributed by atoms with E-state index in [1.165, 1.54) is 6.07 Å². The molecule has 5 aromatic rings. The molecule has 6 rings (SSSR count). The van der Waals surface area contributed by atoms with Crippen molar-refractivity contribution in [1.82, 2.24) is 19.4 Å². The zero-order valence-electron chi connectivity index (χ0n) is 23.0. The van der Waals surface area contributed by atoms with Crippen molar-refractivity contribution < 1.29 is 17.9 Å². The number of rotatable bonds is 7. The number of carbonyl (C=O) groups excluding carboxylic acids is 1. The lowest BCUT2D eigenvalue weighted by atomic mass is 10.1. The van der Waals surface area contributed by atoms with Gasteiger partial charge in [0, 0.05) is 38.1 Å². The summed E-state index contributed by atoms with van der Waals surface area (Å²) in [5.41, 5.74) is 3.69. The number of amides is 1. The summed E-state index contributed by atoms with van der Waals surface area (Å²) >= 11 is 0. The minimum absolute atomic E-state index is 0.0259. The molecular weight excluding hydrogens is 552 g/mol. The first-order valence-corrected chi connectivity index (χ1v) is 15.0. The van der Waals surface area contributed by atoms with E-state index in [2.05, 4.69) is 11.1 Å². The van der Waals surface area contributed by atoms with Crippen molar-refractivity contribution in [2.45, 2.75) is 11.3 Å². The maximum Gasteiger partial charge on any atom is 0.266 e. The van der Waals surface area contributed by atoms with E-state index >= 15 is 0 Å². The van der Waals surface area contributed by atoms with Crippen LogP contribution in [0.5, 0.6) is 0 Å². The third-order valence-electron chi connectivity index (χ3n) is 7.50. The van der Waals surface area contributed by atoms with E-state index in [0.29, 0.717) is 60.4 Å². The molecule has 0 atom stereocenters. The van der Waals surface area contributed by atoms with Crippen molar-refractivity contribution in [2.75, 3.05) is 37.2 Å². The van der Waals surface area contributed by atoms with Crippen molar-refractivity contribution >= 4 is 43.6 Å². The van der Waals surface area contributed by atoms with Gasteiger partial charge < -0.3 is 14.2 Å². The van der Waals surface area contributed by atoms with Crippen LogP contribution >= 0.6 is 0 Å². The van der Waals surface area contributed by atoms with E-state index in [9.17, 15) is 13.2 Å². The maximum atomic E-state index is 14.3. The quantitative estimate of drug-likeness (QED) is 0.288. The van der Waals surface area contributed by atoms with Gasteiger partial charge in [0.05, 0.1) is 47.1 Å². The van der Waals surface area contributed by atoms with Gasteiger partial charge in [-0.1, -0.05) is 30.3 Å². The molecule has 0 aliphatic carbocycles. The molecule has 0 radical (unpaired) electrons. The van der Waals surface area contributed by atoms with Gasteiger partial charge in [0.25, 0.3) is 10.0 Å². The molecule has 2 aromatic heterocycles. The minimum Gasteiger partial charge on any atom is -0.378 e. The number of hydrogen-bond donors (Lipinski definition) is 0. The number of anilines is 1. The summed E-state index contributed by atoms with van der Waals surface area (Å²) in [7, 11) is -2.30. The van der Waals surface area contributed by atoms with Crippen molar-refractivity contribution in [3.8, 4) is 6.07 Å². The fourth-order valence-corrected chi connectivity index (χ4v) is 6.76. The lowest BCUT2D eigenvalue weighted by Crippen LogP contribution is -2.47. The third-order valence-corrected chi connectivity index (χ3v) is 9.30. The summed E-state index contributed by atoms with van der Waals surface area (Å²) in [6, 6.07) is 23.3. The summed E-state index contributed by atoms with van der Waals surface area (Å²) in [6.07, 6.45) is 2.09. The van der Waals surface area contributed by atoms with Crippen LogP contribution in [-0.2, 0) is 33.0 Å². The van der Waals surface area contributed by atoms with Crippen molar-refractivity contribution in [1.29, 1.82) is 5.26 Å². The molecule has 1 fully saturated rings. The first-order chi connectivity index (χ1) is 20.3. The summed E-state index contributed by atoms with van der Waals surface area (Å²) < 4.78 is 37.1. The summed E-state index contributed by atoms with van der Waals surface area (Å²) in [6.45, 7) is 1.25. The van der Waals surface area contributed by atoms with Gasteiger partial charge in [-0.25, -0.2) is 13.4 Å². The van der Waals surface area contributed by atoms with Gasteiger partial charge >= 0.3 is 0 Å². The summed E-state index contributed by atoms with van der Waals surface area (Å²) in [4.78, 5) is 24.2. The number of fused-ring (bicyclic) bond motifs is 2. The largest absolute Gasteiger partial charge is 0.378 e. The number of carbonyl (C=O) groups is 1. The number of ether oxygens (including phenoxy) is 1. The van der Waals surface area contributed by atoms with E-state index in [4.69, 9.17) is 15.0 Å². The molecule has 42 heavy (non-hydrogen) atoms. The monoisotopic (exact) mass is 580 g/mol. The molecular formula is C31H28N6O4S. The Morgan fingerprint density at radius 2 is 1.81 bits per heavy atom. The first kappa shape index (κ1) is 27.4. The van der Waals surface area contributed by atoms with E-state index < -0.39 is 10.0 Å². The Morgan fingerprint density at radius 3 is 2.57 bits per heavy atom. The minimum atomic E-state index is -4.21. The molecule has 3 heterocycles. The molecule has 3 aromatic carbocycles. The Hall–Kier alpha value is -4.79. The number of imidazole rings is 1. The van der Waals surface area contributed by atoms with Crippen LogP contribution in [0.3, 0.4) is 0 Å². The zero-order chi connectivity index (χ0) is 29.3. The van der Waals surface area contributed by atoms with Crippen LogP contribution in [0.1, 0.15) is 17.0 Å². The van der Waals surface area contributed by atoms with Gasteiger partial charge in [0.15, 0.2) is 0 Å². The van der Waals surface area contributed by atoms with Crippen LogP contribution in [0.15, 0.2) is 83.9 Å². The molecule has 0 unspecified atom stereocenters. The Kier molecular flexibility index (Phi) is 7.33. The predicted molar refractivity (Wildman–Crippen MR) is 158 cm³/mol. The highest BCUT2D eigenvalue weighted by Crippen LogP contribution is 2.31. The first-order valence-electron chi connectivity index (χ1n) is 13.5. The highest BCUT2D eigenvalue weighted by molar-refractivity contribution is 7.93. The number of pyridine rings is 1. The fourth-order valence-electron chi connectivity index (χ4n) is 5.18. The second-order valence-electron chi connectivity index (χ2n) is 10.1. The van der Waals surface area contributed by atoms with E-state index in [1.54, 1.807) is 59.6 Å². The molecule has 0 saturated carbocycles. The van der Waals surface area contributed by atoms with Crippen molar-refractivity contribution in [3.63, 3.8) is 0 Å². The van der Waals surface area contributed by atoms with Crippen LogP contribution in [0, 0.1) is 11.3 Å². The lowest BCUT2D eigenvalue weighted by Gasteiger charge is -2.30. The molecule has 212 valence electrons. The number of sulfonamides is 1. The number of morpholine rings is 1. The summed E-state index contributed by atoms with van der Waals surface area (Å²) in [5, 5.41) is 9.78. The molecule has 1 aliphatic heterocycles. The number of para-hydroxylation sites is 1. The molecule has 11 heteroatoms. The fraction of sp³-hybridized carbons (Fsp3) is 0.226. The second kappa shape index (κ2) is 11.2. The average molecular weight is 581 g/mol. The van der Waals surface area contributed by atoms with Crippen LogP contribution in [0.2, 0.25) is 0 Å². The normalized spacial score (nSPS) is 13.8.